The van der Waals surface area contributed by atoms with Gasteiger partial charge in [-0.3, -0.25) is 9.88 Å². The molecule has 0 unspecified atom stereocenters. The van der Waals surface area contributed by atoms with Gasteiger partial charge in [-0.05, 0) is 46.6 Å². The fourth-order valence-electron chi connectivity index (χ4n) is 2.46. The quantitative estimate of drug-likeness (QED) is 0.737. The third-order valence-electron chi connectivity index (χ3n) is 3.52. The number of amides is 1. The number of carbonyl (C=O) groups excluding carboxylic acids is 1. The number of alkyl halides is 3. The molecule has 0 spiro atoms. The molecule has 0 saturated carbocycles. The Morgan fingerprint density at radius 2 is 1.96 bits per heavy atom. The molecule has 132 valence electrons. The lowest BCUT2D eigenvalue weighted by Gasteiger charge is -2.31. The number of aromatic nitrogens is 1. The highest BCUT2D eigenvalue weighted by molar-refractivity contribution is 5.82. The minimum atomic E-state index is -4.49. The molecule has 24 heavy (non-hydrogen) atoms. The number of hydrogen-bond donors (Lipinski definition) is 0. The zero-order valence-corrected chi connectivity index (χ0v) is 14.2. The van der Waals surface area contributed by atoms with Crippen LogP contribution in [0.2, 0.25) is 0 Å². The zero-order valence-electron chi connectivity index (χ0n) is 14.2. The second-order valence-electron chi connectivity index (χ2n) is 6.72. The van der Waals surface area contributed by atoms with Crippen LogP contribution in [0.4, 0.5) is 18.0 Å². The Labute approximate surface area is 139 Å². The van der Waals surface area contributed by atoms with Gasteiger partial charge in [0.2, 0.25) is 0 Å². The van der Waals surface area contributed by atoms with Gasteiger partial charge in [0.1, 0.15) is 5.60 Å². The van der Waals surface area contributed by atoms with Gasteiger partial charge in [-0.15, -0.1) is 0 Å². The maximum Gasteiger partial charge on any atom is 0.418 e. The molecule has 2 rings (SSSR count). The van der Waals surface area contributed by atoms with Crippen LogP contribution >= 0.6 is 0 Å². The summed E-state index contributed by atoms with van der Waals surface area (Å²) >= 11 is 0. The van der Waals surface area contributed by atoms with Gasteiger partial charge in [0.15, 0.2) is 0 Å². The van der Waals surface area contributed by atoms with E-state index in [-0.39, 0.29) is 11.3 Å². The van der Waals surface area contributed by atoms with Gasteiger partial charge in [0, 0.05) is 24.0 Å². The molecule has 0 aromatic carbocycles. The third kappa shape index (κ3) is 4.27. The summed E-state index contributed by atoms with van der Waals surface area (Å²) in [6.45, 7) is 6.94. The first kappa shape index (κ1) is 18.3. The maximum absolute atomic E-state index is 13.1. The summed E-state index contributed by atoms with van der Waals surface area (Å²) in [5, 5.41) is 0. The summed E-state index contributed by atoms with van der Waals surface area (Å²) < 4.78 is 44.7. The topological polar surface area (TPSA) is 42.4 Å². The molecule has 7 heteroatoms. The highest BCUT2D eigenvalue weighted by Crippen LogP contribution is 2.34. The largest absolute Gasteiger partial charge is 0.443 e. The number of allylic oxidation sites excluding steroid dienone is 1. The Kier molecular flexibility index (Phi) is 4.92. The fourth-order valence-corrected chi connectivity index (χ4v) is 2.46. The number of rotatable bonds is 1. The second kappa shape index (κ2) is 6.45. The van der Waals surface area contributed by atoms with Crippen LogP contribution in [0.25, 0.3) is 5.70 Å². The van der Waals surface area contributed by atoms with Crippen molar-refractivity contribution in [2.24, 2.45) is 0 Å². The van der Waals surface area contributed by atoms with Crippen molar-refractivity contribution in [1.82, 2.24) is 9.88 Å². The van der Waals surface area contributed by atoms with Gasteiger partial charge in [-0.25, -0.2) is 4.79 Å². The van der Waals surface area contributed by atoms with Crippen molar-refractivity contribution in [2.75, 3.05) is 6.54 Å². The fraction of sp³-hybridized carbons (Fsp3) is 0.529. The molecule has 1 aliphatic rings. The van der Waals surface area contributed by atoms with Gasteiger partial charge >= 0.3 is 12.3 Å². The van der Waals surface area contributed by atoms with Crippen LogP contribution < -0.4 is 0 Å². The van der Waals surface area contributed by atoms with E-state index in [1.165, 1.54) is 18.0 Å². The van der Waals surface area contributed by atoms with Crippen LogP contribution in [0.3, 0.4) is 0 Å². The molecule has 0 fully saturated rings. The Morgan fingerprint density at radius 3 is 2.54 bits per heavy atom. The first-order valence-corrected chi connectivity index (χ1v) is 7.74. The average molecular weight is 342 g/mol. The van der Waals surface area contributed by atoms with E-state index in [4.69, 9.17) is 4.74 Å². The zero-order chi connectivity index (χ0) is 18.1. The molecule has 1 aromatic rings. The van der Waals surface area contributed by atoms with Crippen molar-refractivity contribution in [3.63, 3.8) is 0 Å². The molecule has 0 saturated heterocycles. The van der Waals surface area contributed by atoms with Gasteiger partial charge in [0.05, 0.1) is 11.3 Å². The van der Waals surface area contributed by atoms with Gasteiger partial charge in [-0.2, -0.15) is 13.2 Å². The molecule has 0 aliphatic carbocycles. The SMILES string of the molecule is Cc1ncc(C2=CCCCN2C(=O)OC(C)(C)C)cc1C(F)(F)F. The molecular weight excluding hydrogens is 321 g/mol. The lowest BCUT2D eigenvalue weighted by atomic mass is 10.0. The Hall–Kier alpha value is -2.05. The molecule has 1 amide bonds. The summed E-state index contributed by atoms with van der Waals surface area (Å²) in [4.78, 5) is 17.6. The predicted molar refractivity (Wildman–Crippen MR) is 84.1 cm³/mol. The number of nitrogens with zero attached hydrogens (tertiary/aromatic N) is 2. The van der Waals surface area contributed by atoms with Crippen LogP contribution in [-0.2, 0) is 10.9 Å². The molecule has 4 nitrogen and oxygen atoms in total. The van der Waals surface area contributed by atoms with Crippen molar-refractivity contribution < 1.29 is 22.7 Å². The van der Waals surface area contributed by atoms with Crippen LogP contribution in [0.15, 0.2) is 18.3 Å². The smallest absolute Gasteiger partial charge is 0.418 e. The highest BCUT2D eigenvalue weighted by Gasteiger charge is 2.34. The summed E-state index contributed by atoms with van der Waals surface area (Å²) in [7, 11) is 0. The number of carbonyl (C=O) groups is 1. The van der Waals surface area contributed by atoms with E-state index in [9.17, 15) is 18.0 Å². The lowest BCUT2D eigenvalue weighted by Crippen LogP contribution is -2.37. The number of pyridine rings is 1. The maximum atomic E-state index is 13.1. The van der Waals surface area contributed by atoms with E-state index in [2.05, 4.69) is 4.98 Å². The van der Waals surface area contributed by atoms with Gasteiger partial charge < -0.3 is 4.74 Å². The Balaban J connectivity index is 2.38. The van der Waals surface area contributed by atoms with Crippen molar-refractivity contribution >= 4 is 11.8 Å². The van der Waals surface area contributed by atoms with E-state index in [1.54, 1.807) is 26.8 Å². The van der Waals surface area contributed by atoms with Crippen molar-refractivity contribution in [3.8, 4) is 0 Å². The summed E-state index contributed by atoms with van der Waals surface area (Å²) in [6.07, 6.45) is -0.529. The molecule has 0 N–H and O–H groups in total. The predicted octanol–water partition coefficient (Wildman–Crippen LogP) is 4.78. The molecule has 1 aromatic heterocycles. The van der Waals surface area contributed by atoms with Gasteiger partial charge in [-0.1, -0.05) is 6.08 Å². The standard InChI is InChI=1S/C17H21F3N2O2/c1-11-13(17(18,19)20)9-12(10-21-11)14-7-5-6-8-22(14)15(23)24-16(2,3)4/h7,9-10H,5-6,8H2,1-4H3. The first-order chi connectivity index (χ1) is 11.0. The summed E-state index contributed by atoms with van der Waals surface area (Å²) in [6, 6.07) is 1.04. The third-order valence-corrected chi connectivity index (χ3v) is 3.52. The van der Waals surface area contributed by atoms with Crippen LogP contribution in [-0.4, -0.2) is 28.1 Å². The van der Waals surface area contributed by atoms with E-state index in [1.807, 2.05) is 0 Å². The highest BCUT2D eigenvalue weighted by atomic mass is 19.4. The molecule has 1 aliphatic heterocycles. The van der Waals surface area contributed by atoms with E-state index in [0.29, 0.717) is 18.7 Å². The first-order valence-electron chi connectivity index (χ1n) is 7.74. The van der Waals surface area contributed by atoms with Crippen molar-refractivity contribution in [2.45, 2.75) is 52.3 Å². The number of hydrogen-bond acceptors (Lipinski definition) is 3. The normalized spacial score (nSPS) is 16.0. The van der Waals surface area contributed by atoms with Crippen LogP contribution in [0, 0.1) is 6.92 Å². The molecule has 2 heterocycles. The second-order valence-corrected chi connectivity index (χ2v) is 6.72. The van der Waals surface area contributed by atoms with E-state index >= 15 is 0 Å². The van der Waals surface area contributed by atoms with Crippen molar-refractivity contribution in [1.29, 1.82) is 0 Å². The molecule has 0 bridgehead atoms. The minimum absolute atomic E-state index is 0.0912. The Morgan fingerprint density at radius 1 is 1.29 bits per heavy atom. The average Bonchev–Trinajstić information content (AvgIpc) is 2.45. The molecule has 0 atom stereocenters. The lowest BCUT2D eigenvalue weighted by molar-refractivity contribution is -0.138. The number of halogens is 3. The number of ether oxygens (including phenoxy) is 1. The molecule has 0 radical (unpaired) electrons. The minimum Gasteiger partial charge on any atom is -0.443 e. The monoisotopic (exact) mass is 342 g/mol. The van der Waals surface area contributed by atoms with E-state index < -0.39 is 23.4 Å². The number of aryl methyl sites for hydroxylation is 1. The van der Waals surface area contributed by atoms with Crippen molar-refractivity contribution in [3.05, 3.63) is 35.2 Å². The summed E-state index contributed by atoms with van der Waals surface area (Å²) in [5.74, 6) is 0. The van der Waals surface area contributed by atoms with Crippen LogP contribution in [0.1, 0.15) is 50.4 Å². The Bertz CT molecular complexity index is 661. The van der Waals surface area contributed by atoms with Crippen LogP contribution in [0.5, 0.6) is 0 Å². The molecular formula is C17H21F3N2O2. The van der Waals surface area contributed by atoms with Gasteiger partial charge in [0.25, 0.3) is 0 Å². The summed E-state index contributed by atoms with van der Waals surface area (Å²) in [5.41, 5.74) is -0.892. The van der Waals surface area contributed by atoms with E-state index in [0.717, 1.165) is 12.5 Å².